The molecule has 0 radical (unpaired) electrons. The van der Waals surface area contributed by atoms with Crippen LogP contribution in [-0.2, 0) is 9.59 Å². The van der Waals surface area contributed by atoms with Gasteiger partial charge in [0.1, 0.15) is 17.7 Å². The Bertz CT molecular complexity index is 680. The average Bonchev–Trinajstić information content (AvgIpc) is 2.53. The summed E-state index contributed by atoms with van der Waals surface area (Å²) in [7, 11) is 0. The molecular weight excluding hydrogens is 326 g/mol. The Morgan fingerprint density at radius 2 is 2.12 bits per heavy atom. The van der Waals surface area contributed by atoms with Crippen LogP contribution in [-0.4, -0.2) is 35.0 Å². The number of aliphatic carboxylic acids is 1. The minimum atomic E-state index is -1.02. The lowest BCUT2D eigenvalue weighted by molar-refractivity contribution is -0.139. The number of amides is 1. The number of benzene rings is 1. The molecule has 128 valence electrons. The van der Waals surface area contributed by atoms with Gasteiger partial charge in [0.2, 0.25) is 0 Å². The van der Waals surface area contributed by atoms with E-state index in [-0.39, 0.29) is 5.57 Å². The Balaban J connectivity index is 2.81. The van der Waals surface area contributed by atoms with Gasteiger partial charge in [0.15, 0.2) is 0 Å². The standard InChI is InChI=1S/C17H21N3O3S/c1-11-4-5-14(12(2)8-11)20-16(21)13(9-18)10-19-15(17(22)23)6-7-24-3/h4-5,8,10,15,19H,6-7H2,1-3H3,(H,20,21)(H,22,23)/b13-10-. The van der Waals surface area contributed by atoms with Gasteiger partial charge in [0.25, 0.3) is 5.91 Å². The summed E-state index contributed by atoms with van der Waals surface area (Å²) < 4.78 is 0. The number of nitrogens with zero attached hydrogens (tertiary/aromatic N) is 1. The molecule has 1 amide bonds. The van der Waals surface area contributed by atoms with Crippen molar-refractivity contribution in [3.8, 4) is 6.07 Å². The Kier molecular flexibility index (Phi) is 7.86. The molecule has 0 spiro atoms. The maximum absolute atomic E-state index is 12.2. The fourth-order valence-electron chi connectivity index (χ4n) is 1.99. The first-order chi connectivity index (χ1) is 11.4. The number of carbonyl (C=O) groups is 2. The molecule has 7 heteroatoms. The van der Waals surface area contributed by atoms with E-state index in [9.17, 15) is 9.59 Å². The number of hydrogen-bond donors (Lipinski definition) is 3. The second kappa shape index (κ2) is 9.63. The molecule has 0 aliphatic carbocycles. The van der Waals surface area contributed by atoms with Crippen LogP contribution < -0.4 is 10.6 Å². The zero-order valence-electron chi connectivity index (χ0n) is 13.9. The number of rotatable bonds is 8. The summed E-state index contributed by atoms with van der Waals surface area (Å²) in [6, 6.07) is 6.50. The Morgan fingerprint density at radius 3 is 2.67 bits per heavy atom. The van der Waals surface area contributed by atoms with E-state index in [1.54, 1.807) is 12.1 Å². The molecule has 1 atom stereocenters. The van der Waals surface area contributed by atoms with Crippen LogP contribution in [0.3, 0.4) is 0 Å². The second-order valence-electron chi connectivity index (χ2n) is 5.28. The first-order valence-electron chi connectivity index (χ1n) is 7.35. The quantitative estimate of drug-likeness (QED) is 0.493. The van der Waals surface area contributed by atoms with Crippen molar-refractivity contribution in [2.45, 2.75) is 26.3 Å². The second-order valence-corrected chi connectivity index (χ2v) is 6.27. The number of carboxylic acids is 1. The lowest BCUT2D eigenvalue weighted by Crippen LogP contribution is -2.34. The lowest BCUT2D eigenvalue weighted by Gasteiger charge is -2.12. The van der Waals surface area contributed by atoms with Crippen molar-refractivity contribution in [2.24, 2.45) is 0 Å². The summed E-state index contributed by atoms with van der Waals surface area (Å²) in [5, 5.41) is 23.6. The van der Waals surface area contributed by atoms with Gasteiger partial charge in [-0.1, -0.05) is 17.7 Å². The number of aryl methyl sites for hydroxylation is 2. The van der Waals surface area contributed by atoms with Gasteiger partial charge >= 0.3 is 5.97 Å². The SMILES string of the molecule is CSCCC(N/C=C(/C#N)C(=O)Nc1ccc(C)cc1C)C(=O)O. The minimum Gasteiger partial charge on any atom is -0.480 e. The van der Waals surface area contributed by atoms with Crippen molar-refractivity contribution < 1.29 is 14.7 Å². The summed E-state index contributed by atoms with van der Waals surface area (Å²) in [5.74, 6) is -0.938. The monoisotopic (exact) mass is 347 g/mol. The molecular formula is C17H21N3O3S. The number of nitriles is 1. The van der Waals surface area contributed by atoms with E-state index in [0.717, 1.165) is 17.3 Å². The van der Waals surface area contributed by atoms with Crippen LogP contribution in [0, 0.1) is 25.2 Å². The van der Waals surface area contributed by atoms with Crippen molar-refractivity contribution >= 4 is 29.3 Å². The zero-order chi connectivity index (χ0) is 18.1. The normalized spacial score (nSPS) is 12.2. The van der Waals surface area contributed by atoms with Crippen LogP contribution in [0.2, 0.25) is 0 Å². The highest BCUT2D eigenvalue weighted by atomic mass is 32.2. The molecule has 24 heavy (non-hydrogen) atoms. The highest BCUT2D eigenvalue weighted by Crippen LogP contribution is 2.16. The maximum atomic E-state index is 12.2. The minimum absolute atomic E-state index is 0.176. The summed E-state index contributed by atoms with van der Waals surface area (Å²) in [5.41, 5.74) is 2.40. The van der Waals surface area contributed by atoms with Gasteiger partial charge in [-0.2, -0.15) is 17.0 Å². The lowest BCUT2D eigenvalue weighted by atomic mass is 10.1. The van der Waals surface area contributed by atoms with E-state index in [0.29, 0.717) is 17.9 Å². The number of thioether (sulfide) groups is 1. The van der Waals surface area contributed by atoms with E-state index in [2.05, 4.69) is 10.6 Å². The Morgan fingerprint density at radius 1 is 1.42 bits per heavy atom. The van der Waals surface area contributed by atoms with Gasteiger partial charge in [0.05, 0.1) is 0 Å². The van der Waals surface area contributed by atoms with Gasteiger partial charge in [-0.15, -0.1) is 0 Å². The Hall–Kier alpha value is -2.46. The zero-order valence-corrected chi connectivity index (χ0v) is 14.7. The highest BCUT2D eigenvalue weighted by Gasteiger charge is 2.17. The van der Waals surface area contributed by atoms with Gasteiger partial charge in [-0.3, -0.25) is 4.79 Å². The number of carboxylic acid groups (broad SMARTS) is 1. The third-order valence-corrected chi connectivity index (χ3v) is 3.98. The maximum Gasteiger partial charge on any atom is 0.326 e. The first kappa shape index (κ1) is 19.6. The molecule has 0 heterocycles. The number of carbonyl (C=O) groups excluding carboxylic acids is 1. The van der Waals surface area contributed by atoms with E-state index >= 15 is 0 Å². The van der Waals surface area contributed by atoms with E-state index in [1.807, 2.05) is 32.2 Å². The largest absolute Gasteiger partial charge is 0.480 e. The molecule has 0 aromatic heterocycles. The third-order valence-electron chi connectivity index (χ3n) is 3.33. The van der Waals surface area contributed by atoms with Crippen LogP contribution in [0.5, 0.6) is 0 Å². The molecule has 0 saturated heterocycles. The Labute approximate surface area is 145 Å². The van der Waals surface area contributed by atoms with E-state index in [1.165, 1.54) is 11.8 Å². The van der Waals surface area contributed by atoms with Gasteiger partial charge in [-0.05, 0) is 43.9 Å². The highest BCUT2D eigenvalue weighted by molar-refractivity contribution is 7.98. The van der Waals surface area contributed by atoms with Crippen molar-refractivity contribution in [1.29, 1.82) is 5.26 Å². The molecule has 0 saturated carbocycles. The summed E-state index contributed by atoms with van der Waals surface area (Å²) in [6.45, 7) is 3.81. The van der Waals surface area contributed by atoms with E-state index in [4.69, 9.17) is 10.4 Å². The molecule has 0 fully saturated rings. The smallest absolute Gasteiger partial charge is 0.326 e. The van der Waals surface area contributed by atoms with Crippen LogP contribution in [0.25, 0.3) is 0 Å². The van der Waals surface area contributed by atoms with Crippen LogP contribution >= 0.6 is 11.8 Å². The third kappa shape index (κ3) is 5.97. The van der Waals surface area contributed by atoms with Crippen molar-refractivity contribution in [3.05, 3.63) is 41.1 Å². The average molecular weight is 347 g/mol. The molecule has 0 aliphatic rings. The van der Waals surface area contributed by atoms with Crippen LogP contribution in [0.15, 0.2) is 30.0 Å². The fraction of sp³-hybridized carbons (Fsp3) is 0.353. The first-order valence-corrected chi connectivity index (χ1v) is 8.75. The van der Waals surface area contributed by atoms with Crippen molar-refractivity contribution in [3.63, 3.8) is 0 Å². The molecule has 1 rings (SSSR count). The molecule has 6 nitrogen and oxygen atoms in total. The number of hydrogen-bond acceptors (Lipinski definition) is 5. The summed E-state index contributed by atoms with van der Waals surface area (Å²) >= 11 is 1.53. The van der Waals surface area contributed by atoms with Gasteiger partial charge in [0, 0.05) is 11.9 Å². The van der Waals surface area contributed by atoms with E-state index < -0.39 is 17.9 Å². The summed E-state index contributed by atoms with van der Waals surface area (Å²) in [4.78, 5) is 23.3. The molecule has 0 aliphatic heterocycles. The van der Waals surface area contributed by atoms with Crippen LogP contribution in [0.4, 0.5) is 5.69 Å². The molecule has 0 bridgehead atoms. The molecule has 1 aromatic carbocycles. The predicted molar refractivity (Wildman–Crippen MR) is 95.8 cm³/mol. The topological polar surface area (TPSA) is 102 Å². The molecule has 3 N–H and O–H groups in total. The summed E-state index contributed by atoms with van der Waals surface area (Å²) in [6.07, 6.45) is 3.44. The van der Waals surface area contributed by atoms with Gasteiger partial charge in [-0.25, -0.2) is 4.79 Å². The molecule has 1 aromatic rings. The fourth-order valence-corrected chi connectivity index (χ4v) is 2.46. The number of anilines is 1. The number of nitrogens with one attached hydrogen (secondary N) is 2. The molecule has 1 unspecified atom stereocenters. The van der Waals surface area contributed by atoms with Crippen molar-refractivity contribution in [2.75, 3.05) is 17.3 Å². The van der Waals surface area contributed by atoms with Crippen LogP contribution in [0.1, 0.15) is 17.5 Å². The predicted octanol–water partition coefficient (Wildman–Crippen LogP) is 2.45. The van der Waals surface area contributed by atoms with Crippen molar-refractivity contribution in [1.82, 2.24) is 5.32 Å². The van der Waals surface area contributed by atoms with Gasteiger partial charge < -0.3 is 15.7 Å².